The van der Waals surface area contributed by atoms with E-state index in [9.17, 15) is 0 Å². The highest BCUT2D eigenvalue weighted by Gasteiger charge is 2.11. The molecule has 2 aromatic heterocycles. The lowest BCUT2D eigenvalue weighted by molar-refractivity contribution is 0.369. The third kappa shape index (κ3) is 2.97. The van der Waals surface area contributed by atoms with E-state index in [0.717, 1.165) is 6.54 Å². The van der Waals surface area contributed by atoms with Gasteiger partial charge in [0, 0.05) is 29.7 Å². The standard InChI is InChI=1S/C16H20N4O/c1-11(2)17-8-13-9-20(10-16-18-12(3)19-21-16)15-7-5-4-6-14(13)15/h4-7,9,11,17H,8,10H2,1-3H3. The van der Waals surface area contributed by atoms with Crippen LogP contribution in [-0.2, 0) is 13.1 Å². The van der Waals surface area contributed by atoms with E-state index in [4.69, 9.17) is 4.52 Å². The van der Waals surface area contributed by atoms with Crippen LogP contribution in [0.2, 0.25) is 0 Å². The van der Waals surface area contributed by atoms with Crippen LogP contribution in [0.5, 0.6) is 0 Å². The molecule has 0 unspecified atom stereocenters. The maximum Gasteiger partial charge on any atom is 0.246 e. The van der Waals surface area contributed by atoms with Gasteiger partial charge in [0.25, 0.3) is 0 Å². The van der Waals surface area contributed by atoms with Gasteiger partial charge in [-0.3, -0.25) is 0 Å². The lowest BCUT2D eigenvalue weighted by Gasteiger charge is -2.06. The Morgan fingerprint density at radius 3 is 2.81 bits per heavy atom. The van der Waals surface area contributed by atoms with Gasteiger partial charge in [-0.25, -0.2) is 0 Å². The van der Waals surface area contributed by atoms with Gasteiger partial charge in [0.1, 0.15) is 6.54 Å². The first kappa shape index (κ1) is 13.8. The van der Waals surface area contributed by atoms with Crippen LogP contribution < -0.4 is 5.32 Å². The number of hydrogen-bond acceptors (Lipinski definition) is 4. The lowest BCUT2D eigenvalue weighted by atomic mass is 10.2. The molecular weight excluding hydrogens is 264 g/mol. The first-order chi connectivity index (χ1) is 10.1. The number of para-hydroxylation sites is 1. The number of rotatable bonds is 5. The van der Waals surface area contributed by atoms with E-state index < -0.39 is 0 Å². The van der Waals surface area contributed by atoms with Gasteiger partial charge in [-0.1, -0.05) is 37.2 Å². The van der Waals surface area contributed by atoms with Crippen LogP contribution >= 0.6 is 0 Å². The molecular formula is C16H20N4O. The van der Waals surface area contributed by atoms with Gasteiger partial charge in [-0.15, -0.1) is 0 Å². The highest BCUT2D eigenvalue weighted by atomic mass is 16.5. The Morgan fingerprint density at radius 2 is 2.10 bits per heavy atom. The lowest BCUT2D eigenvalue weighted by Crippen LogP contribution is -2.21. The van der Waals surface area contributed by atoms with Crippen LogP contribution in [0.15, 0.2) is 35.0 Å². The van der Waals surface area contributed by atoms with Crippen molar-refractivity contribution in [1.82, 2.24) is 20.0 Å². The van der Waals surface area contributed by atoms with Crippen molar-refractivity contribution in [3.63, 3.8) is 0 Å². The second kappa shape index (κ2) is 5.69. The summed E-state index contributed by atoms with van der Waals surface area (Å²) >= 11 is 0. The summed E-state index contributed by atoms with van der Waals surface area (Å²) in [5.74, 6) is 1.31. The molecule has 1 N–H and O–H groups in total. The number of aromatic nitrogens is 3. The van der Waals surface area contributed by atoms with Crippen molar-refractivity contribution >= 4 is 10.9 Å². The third-order valence-electron chi connectivity index (χ3n) is 3.45. The second-order valence-corrected chi connectivity index (χ2v) is 5.57. The van der Waals surface area contributed by atoms with E-state index in [2.05, 4.69) is 64.3 Å². The third-order valence-corrected chi connectivity index (χ3v) is 3.45. The number of aryl methyl sites for hydroxylation is 1. The quantitative estimate of drug-likeness (QED) is 0.782. The molecule has 0 spiro atoms. The van der Waals surface area contributed by atoms with Crippen LogP contribution in [0.1, 0.15) is 31.1 Å². The van der Waals surface area contributed by atoms with Gasteiger partial charge in [0.05, 0.1) is 0 Å². The van der Waals surface area contributed by atoms with Crippen molar-refractivity contribution < 1.29 is 4.52 Å². The van der Waals surface area contributed by atoms with E-state index >= 15 is 0 Å². The highest BCUT2D eigenvalue weighted by molar-refractivity contribution is 5.84. The molecule has 0 aliphatic carbocycles. The number of nitrogens with one attached hydrogen (secondary N) is 1. The smallest absolute Gasteiger partial charge is 0.246 e. The fraction of sp³-hybridized carbons (Fsp3) is 0.375. The van der Waals surface area contributed by atoms with Crippen LogP contribution in [-0.4, -0.2) is 20.7 Å². The zero-order chi connectivity index (χ0) is 14.8. The average molecular weight is 284 g/mol. The summed E-state index contributed by atoms with van der Waals surface area (Å²) in [5, 5.41) is 8.58. The molecule has 3 rings (SSSR count). The molecule has 5 nitrogen and oxygen atoms in total. The summed E-state index contributed by atoms with van der Waals surface area (Å²) in [6.07, 6.45) is 2.17. The Bertz CT molecular complexity index is 742. The molecule has 0 saturated carbocycles. The van der Waals surface area contributed by atoms with E-state index in [1.807, 2.05) is 6.92 Å². The number of fused-ring (bicyclic) bond motifs is 1. The molecule has 0 atom stereocenters. The minimum atomic E-state index is 0.464. The van der Waals surface area contributed by atoms with Gasteiger partial charge < -0.3 is 14.4 Å². The molecule has 0 saturated heterocycles. The largest absolute Gasteiger partial charge is 0.338 e. The van der Waals surface area contributed by atoms with E-state index in [0.29, 0.717) is 24.3 Å². The second-order valence-electron chi connectivity index (χ2n) is 5.57. The summed E-state index contributed by atoms with van der Waals surface area (Å²) in [7, 11) is 0. The van der Waals surface area contributed by atoms with Crippen molar-refractivity contribution in [3.05, 3.63) is 47.7 Å². The van der Waals surface area contributed by atoms with Crippen molar-refractivity contribution in [3.8, 4) is 0 Å². The maximum absolute atomic E-state index is 5.23. The molecule has 1 aromatic carbocycles. The van der Waals surface area contributed by atoms with Gasteiger partial charge in [-0.05, 0) is 18.6 Å². The monoisotopic (exact) mass is 284 g/mol. The number of hydrogen-bond donors (Lipinski definition) is 1. The Kier molecular flexibility index (Phi) is 3.75. The summed E-state index contributed by atoms with van der Waals surface area (Å²) in [6.45, 7) is 7.59. The van der Waals surface area contributed by atoms with Crippen LogP contribution in [0, 0.1) is 6.92 Å². The zero-order valence-electron chi connectivity index (χ0n) is 12.6. The summed E-state index contributed by atoms with van der Waals surface area (Å²) < 4.78 is 7.39. The molecule has 110 valence electrons. The molecule has 0 radical (unpaired) electrons. The first-order valence-electron chi connectivity index (χ1n) is 7.23. The Balaban J connectivity index is 1.94. The fourth-order valence-electron chi connectivity index (χ4n) is 2.46. The number of benzene rings is 1. The molecule has 0 amide bonds. The SMILES string of the molecule is Cc1noc(Cn2cc(CNC(C)C)c3ccccc32)n1. The summed E-state index contributed by atoms with van der Waals surface area (Å²) in [5.41, 5.74) is 2.48. The molecule has 0 aliphatic heterocycles. The fourth-order valence-corrected chi connectivity index (χ4v) is 2.46. The highest BCUT2D eigenvalue weighted by Crippen LogP contribution is 2.22. The Morgan fingerprint density at radius 1 is 1.29 bits per heavy atom. The van der Waals surface area contributed by atoms with Gasteiger partial charge in [-0.2, -0.15) is 4.98 Å². The minimum Gasteiger partial charge on any atom is -0.338 e. The molecule has 0 bridgehead atoms. The normalized spacial score (nSPS) is 11.6. The number of nitrogens with zero attached hydrogens (tertiary/aromatic N) is 3. The van der Waals surface area contributed by atoms with Crippen molar-refractivity contribution in [2.75, 3.05) is 0 Å². The van der Waals surface area contributed by atoms with E-state index in [-0.39, 0.29) is 0 Å². The van der Waals surface area contributed by atoms with Crippen molar-refractivity contribution in [2.24, 2.45) is 0 Å². The van der Waals surface area contributed by atoms with Gasteiger partial charge in [0.15, 0.2) is 5.82 Å². The minimum absolute atomic E-state index is 0.464. The predicted molar refractivity (Wildman–Crippen MR) is 82.1 cm³/mol. The molecule has 0 aliphatic rings. The topological polar surface area (TPSA) is 55.9 Å². The zero-order valence-corrected chi connectivity index (χ0v) is 12.6. The predicted octanol–water partition coefficient (Wildman–Crippen LogP) is 2.88. The van der Waals surface area contributed by atoms with E-state index in [1.165, 1.54) is 16.5 Å². The van der Waals surface area contributed by atoms with Crippen LogP contribution in [0.4, 0.5) is 0 Å². The summed E-state index contributed by atoms with van der Waals surface area (Å²) in [4.78, 5) is 4.28. The molecule has 21 heavy (non-hydrogen) atoms. The van der Waals surface area contributed by atoms with Gasteiger partial charge in [0.2, 0.25) is 5.89 Å². The van der Waals surface area contributed by atoms with E-state index in [1.54, 1.807) is 0 Å². The van der Waals surface area contributed by atoms with Crippen molar-refractivity contribution in [2.45, 2.75) is 39.9 Å². The van der Waals surface area contributed by atoms with Crippen LogP contribution in [0.25, 0.3) is 10.9 Å². The summed E-state index contributed by atoms with van der Waals surface area (Å²) in [6, 6.07) is 8.87. The molecule has 3 aromatic rings. The maximum atomic E-state index is 5.23. The van der Waals surface area contributed by atoms with Crippen molar-refractivity contribution in [1.29, 1.82) is 0 Å². The first-order valence-corrected chi connectivity index (χ1v) is 7.23. The average Bonchev–Trinajstić information content (AvgIpc) is 3.02. The van der Waals surface area contributed by atoms with Gasteiger partial charge >= 0.3 is 0 Å². The molecule has 0 fully saturated rings. The molecule has 5 heteroatoms. The Hall–Kier alpha value is -2.14. The van der Waals surface area contributed by atoms with Crippen LogP contribution in [0.3, 0.4) is 0 Å². The Labute approximate surface area is 124 Å². The molecule has 2 heterocycles.